The van der Waals surface area contributed by atoms with Crippen molar-refractivity contribution in [3.8, 4) is 0 Å². The fourth-order valence-corrected chi connectivity index (χ4v) is 4.46. The molecule has 24 heavy (non-hydrogen) atoms. The number of aryl methyl sites for hydroxylation is 2. The van der Waals surface area contributed by atoms with Crippen molar-refractivity contribution >= 4 is 21.6 Å². The maximum atomic E-state index is 12.3. The van der Waals surface area contributed by atoms with Gasteiger partial charge in [0.2, 0.25) is 15.9 Å². The molecule has 0 aromatic heterocycles. The Morgan fingerprint density at radius 1 is 1.21 bits per heavy atom. The van der Waals surface area contributed by atoms with E-state index in [0.29, 0.717) is 0 Å². The lowest BCUT2D eigenvalue weighted by atomic mass is 9.95. The zero-order valence-corrected chi connectivity index (χ0v) is 15.7. The minimum Gasteiger partial charge on any atom is -0.326 e. The number of nitrogens with zero attached hydrogens (tertiary/aromatic N) is 1. The van der Waals surface area contributed by atoms with Crippen molar-refractivity contribution in [1.82, 2.24) is 4.31 Å². The summed E-state index contributed by atoms with van der Waals surface area (Å²) >= 11 is 0. The third-order valence-corrected chi connectivity index (χ3v) is 5.97. The van der Waals surface area contributed by atoms with Crippen molar-refractivity contribution in [3.05, 3.63) is 29.3 Å². The summed E-state index contributed by atoms with van der Waals surface area (Å²) in [6, 6.07) is 5.94. The molecule has 1 aliphatic rings. The second kappa shape index (κ2) is 8.12. The fourth-order valence-electron chi connectivity index (χ4n) is 3.28. The Bertz CT molecular complexity index is 680. The van der Waals surface area contributed by atoms with Crippen molar-refractivity contribution < 1.29 is 13.2 Å². The van der Waals surface area contributed by atoms with Crippen LogP contribution in [0, 0.1) is 13.8 Å². The number of rotatable bonds is 6. The van der Waals surface area contributed by atoms with Crippen molar-refractivity contribution in [2.45, 2.75) is 58.4 Å². The minimum absolute atomic E-state index is 0.0438. The van der Waals surface area contributed by atoms with Gasteiger partial charge in [0.1, 0.15) is 0 Å². The fraction of sp³-hybridized carbons (Fsp3) is 0.611. The first-order chi connectivity index (χ1) is 11.3. The van der Waals surface area contributed by atoms with E-state index < -0.39 is 10.0 Å². The highest BCUT2D eigenvalue weighted by Gasteiger charge is 2.28. The first-order valence-corrected chi connectivity index (χ1v) is 10.5. The molecule has 0 aliphatic heterocycles. The van der Waals surface area contributed by atoms with Gasteiger partial charge in [-0.15, -0.1) is 0 Å². The molecule has 0 spiro atoms. The van der Waals surface area contributed by atoms with E-state index >= 15 is 0 Å². The number of carbonyl (C=O) groups excluding carboxylic acids is 1. The Labute approximate surface area is 145 Å². The maximum Gasteiger partial charge on any atom is 0.225 e. The van der Waals surface area contributed by atoms with Crippen LogP contribution in [-0.2, 0) is 14.8 Å². The van der Waals surface area contributed by atoms with Crippen LogP contribution in [0.4, 0.5) is 5.69 Å². The molecule has 1 aromatic rings. The summed E-state index contributed by atoms with van der Waals surface area (Å²) in [5.41, 5.74) is 2.88. The van der Waals surface area contributed by atoms with E-state index in [1.807, 2.05) is 32.0 Å². The Morgan fingerprint density at radius 3 is 2.50 bits per heavy atom. The van der Waals surface area contributed by atoms with Gasteiger partial charge in [-0.1, -0.05) is 31.4 Å². The summed E-state index contributed by atoms with van der Waals surface area (Å²) in [5, 5.41) is 2.90. The van der Waals surface area contributed by atoms with Crippen molar-refractivity contribution in [1.29, 1.82) is 0 Å². The van der Waals surface area contributed by atoms with Crippen molar-refractivity contribution in [2.75, 3.05) is 18.1 Å². The van der Waals surface area contributed by atoms with Crippen LogP contribution in [0.25, 0.3) is 0 Å². The summed E-state index contributed by atoms with van der Waals surface area (Å²) in [5.74, 6) is -0.145. The molecule has 6 heteroatoms. The van der Waals surface area contributed by atoms with E-state index in [1.54, 1.807) is 0 Å². The molecule has 1 aromatic carbocycles. The second-order valence-electron chi connectivity index (χ2n) is 6.78. The highest BCUT2D eigenvalue weighted by Crippen LogP contribution is 2.24. The molecule has 1 N–H and O–H groups in total. The summed E-state index contributed by atoms with van der Waals surface area (Å²) < 4.78 is 25.7. The first-order valence-electron chi connectivity index (χ1n) is 8.61. The lowest BCUT2D eigenvalue weighted by Gasteiger charge is -2.32. The van der Waals surface area contributed by atoms with Gasteiger partial charge in [0.05, 0.1) is 6.26 Å². The van der Waals surface area contributed by atoms with E-state index in [1.165, 1.54) is 17.0 Å². The van der Waals surface area contributed by atoms with Crippen molar-refractivity contribution in [2.24, 2.45) is 0 Å². The van der Waals surface area contributed by atoms with Crippen LogP contribution in [0.3, 0.4) is 0 Å². The molecule has 0 heterocycles. The molecule has 5 nitrogen and oxygen atoms in total. The molecule has 2 rings (SSSR count). The monoisotopic (exact) mass is 352 g/mol. The predicted octanol–water partition coefficient (Wildman–Crippen LogP) is 3.23. The standard InChI is InChI=1S/C18H28N2O3S/c1-14-9-10-15(2)17(13-14)19-18(21)11-12-20(24(3,22)23)16-7-5-4-6-8-16/h9-10,13,16H,4-8,11-12H2,1-3H3,(H,19,21). The third-order valence-electron chi connectivity index (χ3n) is 4.63. The van der Waals surface area contributed by atoms with Gasteiger partial charge in [-0.05, 0) is 43.9 Å². The normalized spacial score (nSPS) is 16.3. The topological polar surface area (TPSA) is 66.5 Å². The first kappa shape index (κ1) is 18.9. The van der Waals surface area contributed by atoms with Crippen molar-refractivity contribution in [3.63, 3.8) is 0 Å². The summed E-state index contributed by atoms with van der Waals surface area (Å²) in [4.78, 5) is 12.3. The van der Waals surface area contributed by atoms with Gasteiger partial charge in [0, 0.05) is 24.7 Å². The molecule has 0 bridgehead atoms. The van der Waals surface area contributed by atoms with Crippen LogP contribution in [0.5, 0.6) is 0 Å². The quantitative estimate of drug-likeness (QED) is 0.855. The number of amides is 1. The molecule has 1 aliphatic carbocycles. The Balaban J connectivity index is 1.98. The zero-order valence-electron chi connectivity index (χ0n) is 14.8. The number of nitrogens with one attached hydrogen (secondary N) is 1. The van der Waals surface area contributed by atoms with E-state index in [-0.39, 0.29) is 24.9 Å². The SMILES string of the molecule is Cc1ccc(C)c(NC(=O)CCN(C2CCCCC2)S(C)(=O)=O)c1. The van der Waals surface area contributed by atoms with Crippen LogP contribution < -0.4 is 5.32 Å². The zero-order chi connectivity index (χ0) is 17.7. The van der Waals surface area contributed by atoms with Gasteiger partial charge in [-0.25, -0.2) is 8.42 Å². The number of hydrogen-bond acceptors (Lipinski definition) is 3. The molecule has 1 saturated carbocycles. The molecule has 0 radical (unpaired) electrons. The van der Waals surface area contributed by atoms with Gasteiger partial charge < -0.3 is 5.32 Å². The number of anilines is 1. The summed E-state index contributed by atoms with van der Waals surface area (Å²) in [6.45, 7) is 4.17. The van der Waals surface area contributed by atoms with Gasteiger partial charge in [0.15, 0.2) is 0 Å². The average molecular weight is 353 g/mol. The van der Waals surface area contributed by atoms with Crippen LogP contribution >= 0.6 is 0 Å². The molecule has 1 amide bonds. The summed E-state index contributed by atoms with van der Waals surface area (Å²) in [7, 11) is -3.29. The highest BCUT2D eigenvalue weighted by molar-refractivity contribution is 7.88. The number of sulfonamides is 1. The van der Waals surface area contributed by atoms with Crippen LogP contribution in [0.2, 0.25) is 0 Å². The third kappa shape index (κ3) is 5.31. The molecule has 0 unspecified atom stereocenters. The highest BCUT2D eigenvalue weighted by atomic mass is 32.2. The molecular formula is C18H28N2O3S. The molecule has 134 valence electrons. The maximum absolute atomic E-state index is 12.3. The smallest absolute Gasteiger partial charge is 0.225 e. The number of carbonyl (C=O) groups is 1. The number of benzene rings is 1. The van der Waals surface area contributed by atoms with E-state index in [0.717, 1.165) is 42.5 Å². The Morgan fingerprint density at radius 2 is 1.88 bits per heavy atom. The molecular weight excluding hydrogens is 324 g/mol. The Hall–Kier alpha value is -1.40. The van der Waals surface area contributed by atoms with Crippen LogP contribution in [0.1, 0.15) is 49.7 Å². The van der Waals surface area contributed by atoms with E-state index in [2.05, 4.69) is 5.32 Å². The van der Waals surface area contributed by atoms with E-state index in [4.69, 9.17) is 0 Å². The lowest BCUT2D eigenvalue weighted by molar-refractivity contribution is -0.116. The summed E-state index contributed by atoms with van der Waals surface area (Å²) in [6.07, 6.45) is 6.50. The van der Waals surface area contributed by atoms with Gasteiger partial charge >= 0.3 is 0 Å². The van der Waals surface area contributed by atoms with E-state index in [9.17, 15) is 13.2 Å². The predicted molar refractivity (Wildman–Crippen MR) is 97.6 cm³/mol. The second-order valence-corrected chi connectivity index (χ2v) is 8.72. The van der Waals surface area contributed by atoms with Crippen LogP contribution in [-0.4, -0.2) is 37.5 Å². The molecule has 1 fully saturated rings. The van der Waals surface area contributed by atoms with Gasteiger partial charge in [0.25, 0.3) is 0 Å². The largest absolute Gasteiger partial charge is 0.326 e. The van der Waals surface area contributed by atoms with Gasteiger partial charge in [-0.2, -0.15) is 4.31 Å². The number of hydrogen-bond donors (Lipinski definition) is 1. The molecule has 0 saturated heterocycles. The van der Waals surface area contributed by atoms with Crippen LogP contribution in [0.15, 0.2) is 18.2 Å². The van der Waals surface area contributed by atoms with Gasteiger partial charge in [-0.3, -0.25) is 4.79 Å². The molecule has 0 atom stereocenters. The average Bonchev–Trinajstić information content (AvgIpc) is 2.51. The lowest BCUT2D eigenvalue weighted by Crippen LogP contribution is -2.42. The minimum atomic E-state index is -3.29. The Kier molecular flexibility index (Phi) is 6.40.